The number of hydrogen-bond acceptors (Lipinski definition) is 2. The minimum absolute atomic E-state index is 0.151. The van der Waals surface area contributed by atoms with Gasteiger partial charge in [0.2, 0.25) is 5.91 Å². The smallest absolute Gasteiger partial charge is 0.226 e. The summed E-state index contributed by atoms with van der Waals surface area (Å²) in [7, 11) is 0. The molecule has 1 amide bonds. The number of amides is 1. The number of aryl methyl sites for hydroxylation is 1. The van der Waals surface area contributed by atoms with Crippen LogP contribution in [0, 0.1) is 12.7 Å². The molecule has 98 valence electrons. The lowest BCUT2D eigenvalue weighted by atomic mass is 9.75. The van der Waals surface area contributed by atoms with Gasteiger partial charge in [0.05, 0.1) is 4.47 Å². The molecule has 1 aliphatic carbocycles. The summed E-state index contributed by atoms with van der Waals surface area (Å²) >= 11 is 3.11. The summed E-state index contributed by atoms with van der Waals surface area (Å²) in [5, 5.41) is 2.72. The molecule has 1 aliphatic rings. The van der Waals surface area contributed by atoms with E-state index in [-0.39, 0.29) is 17.3 Å². The topological polar surface area (TPSA) is 55.1 Å². The first-order valence-corrected chi connectivity index (χ1v) is 6.73. The quantitative estimate of drug-likeness (QED) is 0.900. The van der Waals surface area contributed by atoms with Crippen LogP contribution in [0.2, 0.25) is 0 Å². The molecule has 18 heavy (non-hydrogen) atoms. The van der Waals surface area contributed by atoms with Gasteiger partial charge in [-0.15, -0.1) is 0 Å². The number of nitrogens with two attached hydrogens (primary N) is 1. The van der Waals surface area contributed by atoms with E-state index in [1.54, 1.807) is 6.07 Å². The van der Waals surface area contributed by atoms with Crippen LogP contribution in [0.15, 0.2) is 16.6 Å². The fraction of sp³-hybridized carbons (Fsp3) is 0.462. The van der Waals surface area contributed by atoms with Crippen molar-refractivity contribution in [2.24, 2.45) is 5.73 Å². The molecule has 0 bridgehead atoms. The maximum Gasteiger partial charge on any atom is 0.226 e. The summed E-state index contributed by atoms with van der Waals surface area (Å²) in [6.07, 6.45) is 3.14. The minimum atomic E-state index is -0.387. The van der Waals surface area contributed by atoms with E-state index in [9.17, 15) is 9.18 Å². The Morgan fingerprint density at radius 2 is 2.22 bits per heavy atom. The number of benzene rings is 1. The maximum absolute atomic E-state index is 13.4. The van der Waals surface area contributed by atoms with Gasteiger partial charge in [0.1, 0.15) is 5.82 Å². The van der Waals surface area contributed by atoms with Gasteiger partial charge < -0.3 is 11.1 Å². The van der Waals surface area contributed by atoms with Gasteiger partial charge in [-0.25, -0.2) is 4.39 Å². The lowest BCUT2D eigenvalue weighted by Gasteiger charge is -2.37. The second kappa shape index (κ2) is 4.97. The highest BCUT2D eigenvalue weighted by Crippen LogP contribution is 2.32. The molecule has 0 atom stereocenters. The van der Waals surface area contributed by atoms with Gasteiger partial charge in [0.15, 0.2) is 0 Å². The monoisotopic (exact) mass is 314 g/mol. The fourth-order valence-electron chi connectivity index (χ4n) is 2.10. The van der Waals surface area contributed by atoms with Crippen molar-refractivity contribution in [2.75, 3.05) is 5.32 Å². The van der Waals surface area contributed by atoms with E-state index >= 15 is 0 Å². The Kier molecular flexibility index (Phi) is 3.73. The van der Waals surface area contributed by atoms with Gasteiger partial charge in [-0.2, -0.15) is 0 Å². The summed E-state index contributed by atoms with van der Waals surface area (Å²) in [6, 6.07) is 2.97. The van der Waals surface area contributed by atoms with E-state index in [0.717, 1.165) is 24.8 Å². The standard InChI is InChI=1S/C13H16BrFN2O/c1-8-5-9(14)10(15)6-11(8)17-12(18)7-13(16)3-2-4-13/h5-6H,2-4,7,16H2,1H3,(H,17,18). The number of anilines is 1. The molecule has 1 aromatic rings. The number of nitrogens with one attached hydrogen (secondary N) is 1. The van der Waals surface area contributed by atoms with E-state index < -0.39 is 0 Å². The first kappa shape index (κ1) is 13.5. The van der Waals surface area contributed by atoms with E-state index in [1.807, 2.05) is 6.92 Å². The van der Waals surface area contributed by atoms with Crippen LogP contribution in [0.3, 0.4) is 0 Å². The van der Waals surface area contributed by atoms with E-state index in [0.29, 0.717) is 16.6 Å². The van der Waals surface area contributed by atoms with Crippen LogP contribution in [0.5, 0.6) is 0 Å². The molecule has 3 N–H and O–H groups in total. The van der Waals surface area contributed by atoms with Gasteiger partial charge in [-0.3, -0.25) is 4.79 Å². The Labute approximate surface area is 114 Å². The van der Waals surface area contributed by atoms with Gasteiger partial charge in [-0.1, -0.05) is 0 Å². The Morgan fingerprint density at radius 3 is 2.78 bits per heavy atom. The van der Waals surface area contributed by atoms with Gasteiger partial charge in [0.25, 0.3) is 0 Å². The van der Waals surface area contributed by atoms with Gasteiger partial charge in [0, 0.05) is 17.6 Å². The van der Waals surface area contributed by atoms with Crippen LogP contribution in [-0.2, 0) is 4.79 Å². The number of hydrogen-bond donors (Lipinski definition) is 2. The molecule has 1 fully saturated rings. The third-order valence-electron chi connectivity index (χ3n) is 3.40. The molecule has 2 rings (SSSR count). The first-order chi connectivity index (χ1) is 8.39. The van der Waals surface area contributed by atoms with Crippen LogP contribution < -0.4 is 11.1 Å². The lowest BCUT2D eigenvalue weighted by Crippen LogP contribution is -2.48. The highest BCUT2D eigenvalue weighted by atomic mass is 79.9. The van der Waals surface area contributed by atoms with Crippen molar-refractivity contribution < 1.29 is 9.18 Å². The molecule has 0 spiro atoms. The molecule has 0 heterocycles. The molecule has 0 saturated heterocycles. The normalized spacial score (nSPS) is 17.1. The molecule has 0 radical (unpaired) electrons. The summed E-state index contributed by atoms with van der Waals surface area (Å²) in [5.41, 5.74) is 6.97. The predicted octanol–water partition coefficient (Wildman–Crippen LogP) is 3.11. The van der Waals surface area contributed by atoms with Crippen molar-refractivity contribution in [3.8, 4) is 0 Å². The molecule has 1 aromatic carbocycles. The lowest BCUT2D eigenvalue weighted by molar-refractivity contribution is -0.118. The third kappa shape index (κ3) is 2.90. The molecule has 0 unspecified atom stereocenters. The van der Waals surface area contributed by atoms with E-state index in [2.05, 4.69) is 21.2 Å². The maximum atomic E-state index is 13.4. The zero-order valence-corrected chi connectivity index (χ0v) is 11.8. The summed E-state index contributed by atoms with van der Waals surface area (Å²) in [5.74, 6) is -0.538. The number of rotatable bonds is 3. The van der Waals surface area contributed by atoms with Crippen molar-refractivity contribution in [3.63, 3.8) is 0 Å². The largest absolute Gasteiger partial charge is 0.326 e. The average Bonchev–Trinajstić information content (AvgIpc) is 2.23. The second-order valence-corrected chi connectivity index (χ2v) is 5.88. The van der Waals surface area contributed by atoms with Gasteiger partial charge >= 0.3 is 0 Å². The molecule has 0 aromatic heterocycles. The Hall–Kier alpha value is -0.940. The Morgan fingerprint density at radius 1 is 1.56 bits per heavy atom. The van der Waals surface area contributed by atoms with E-state index in [4.69, 9.17) is 5.73 Å². The van der Waals surface area contributed by atoms with Crippen LogP contribution in [0.25, 0.3) is 0 Å². The Bertz CT molecular complexity index is 486. The fourth-order valence-corrected chi connectivity index (χ4v) is 2.56. The number of carbonyl (C=O) groups is 1. The van der Waals surface area contributed by atoms with Crippen LogP contribution in [0.1, 0.15) is 31.2 Å². The highest BCUT2D eigenvalue weighted by Gasteiger charge is 2.34. The highest BCUT2D eigenvalue weighted by molar-refractivity contribution is 9.10. The average molecular weight is 315 g/mol. The van der Waals surface area contributed by atoms with Gasteiger partial charge in [-0.05, 0) is 59.8 Å². The number of halogens is 2. The molecule has 1 saturated carbocycles. The Balaban J connectivity index is 2.05. The summed E-state index contributed by atoms with van der Waals surface area (Å²) < 4.78 is 13.8. The molecular weight excluding hydrogens is 299 g/mol. The zero-order valence-electron chi connectivity index (χ0n) is 10.2. The van der Waals surface area contributed by atoms with Crippen molar-refractivity contribution in [2.45, 2.75) is 38.1 Å². The third-order valence-corrected chi connectivity index (χ3v) is 4.01. The van der Waals surface area contributed by atoms with Crippen molar-refractivity contribution >= 4 is 27.5 Å². The molecular formula is C13H16BrFN2O. The molecule has 0 aliphatic heterocycles. The van der Waals surface area contributed by atoms with Crippen LogP contribution in [-0.4, -0.2) is 11.4 Å². The molecule has 5 heteroatoms. The SMILES string of the molecule is Cc1cc(Br)c(F)cc1NC(=O)CC1(N)CCC1. The summed E-state index contributed by atoms with van der Waals surface area (Å²) in [6.45, 7) is 1.82. The van der Waals surface area contributed by atoms with E-state index in [1.165, 1.54) is 6.07 Å². The summed E-state index contributed by atoms with van der Waals surface area (Å²) in [4.78, 5) is 11.8. The number of carbonyl (C=O) groups excluding carboxylic acids is 1. The van der Waals surface area contributed by atoms with Crippen LogP contribution in [0.4, 0.5) is 10.1 Å². The minimum Gasteiger partial charge on any atom is -0.326 e. The van der Waals surface area contributed by atoms with Crippen molar-refractivity contribution in [1.82, 2.24) is 0 Å². The second-order valence-electron chi connectivity index (χ2n) is 5.02. The van der Waals surface area contributed by atoms with Crippen LogP contribution >= 0.6 is 15.9 Å². The zero-order chi connectivity index (χ0) is 13.3. The molecule has 3 nitrogen and oxygen atoms in total. The van der Waals surface area contributed by atoms with Crippen molar-refractivity contribution in [1.29, 1.82) is 0 Å². The first-order valence-electron chi connectivity index (χ1n) is 5.94. The predicted molar refractivity (Wildman–Crippen MR) is 72.9 cm³/mol. The van der Waals surface area contributed by atoms with Crippen molar-refractivity contribution in [3.05, 3.63) is 28.0 Å².